The van der Waals surface area contributed by atoms with Crippen LogP contribution < -0.4 is 10.2 Å². The largest absolute Gasteiger partial charge is 0.326 e. The molecule has 3 aromatic rings. The molecule has 2 N–H and O–H groups in total. The van der Waals surface area contributed by atoms with E-state index in [1.165, 1.54) is 17.0 Å². The van der Waals surface area contributed by atoms with Crippen LogP contribution in [0.5, 0.6) is 0 Å². The van der Waals surface area contributed by atoms with E-state index in [1.807, 2.05) is 0 Å². The number of benzene rings is 2. The number of nitrogens with zero attached hydrogens (tertiary/aromatic N) is 2. The summed E-state index contributed by atoms with van der Waals surface area (Å²) in [4.78, 5) is 39.4. The molecule has 2 aliphatic rings. The minimum absolute atomic E-state index is 0.0344. The summed E-state index contributed by atoms with van der Waals surface area (Å²) in [7, 11) is -3.63. The van der Waals surface area contributed by atoms with Crippen molar-refractivity contribution in [2.24, 2.45) is 0 Å². The van der Waals surface area contributed by atoms with Crippen LogP contribution in [0.15, 0.2) is 60.8 Å². The number of halogens is 3. The van der Waals surface area contributed by atoms with Gasteiger partial charge in [-0.3, -0.25) is 19.4 Å². The Kier molecular flexibility index (Phi) is 9.14. The van der Waals surface area contributed by atoms with Crippen LogP contribution in [0, 0.1) is 5.82 Å². The van der Waals surface area contributed by atoms with Gasteiger partial charge in [0.2, 0.25) is 10.0 Å². The number of hydrogen-bond acceptors (Lipinski definition) is 6. The first-order valence-electron chi connectivity index (χ1n) is 13.4. The second-order valence-electron chi connectivity index (χ2n) is 10.5. The molecular formula is C29H29Cl2FN4O5S. The molecule has 0 saturated heterocycles. The maximum atomic E-state index is 14.7. The van der Waals surface area contributed by atoms with Crippen molar-refractivity contribution in [3.05, 3.63) is 99.0 Å². The molecule has 0 unspecified atom stereocenters. The summed E-state index contributed by atoms with van der Waals surface area (Å²) in [5.74, 6) is -2.91. The second kappa shape index (κ2) is 12.6. The van der Waals surface area contributed by atoms with Crippen molar-refractivity contribution in [2.45, 2.75) is 56.3 Å². The van der Waals surface area contributed by atoms with E-state index in [9.17, 15) is 22.4 Å². The zero-order valence-electron chi connectivity index (χ0n) is 22.6. The molecule has 9 nitrogen and oxygen atoms in total. The third kappa shape index (κ3) is 6.60. The summed E-state index contributed by atoms with van der Waals surface area (Å²) in [6.07, 6.45) is 5.11. The molecule has 0 bridgehead atoms. The Morgan fingerprint density at radius 2 is 1.88 bits per heavy atom. The SMILES string of the molecule is CS(=O)(=O)N[C@H]1CCCC[C@@H]1N1C(=O)c2ccc(F)cc2[C@@H](C(=O)NOCc2ccccn2)[C@@H]1c1ccc(Cl)cc1Cl. The normalized spacial score (nSPS) is 22.5. The fourth-order valence-electron chi connectivity index (χ4n) is 5.88. The highest BCUT2D eigenvalue weighted by Gasteiger charge is 2.49. The van der Waals surface area contributed by atoms with Gasteiger partial charge >= 0.3 is 0 Å². The van der Waals surface area contributed by atoms with Crippen LogP contribution in [-0.4, -0.2) is 48.5 Å². The summed E-state index contributed by atoms with van der Waals surface area (Å²) >= 11 is 12.9. The van der Waals surface area contributed by atoms with Gasteiger partial charge in [-0.25, -0.2) is 23.0 Å². The van der Waals surface area contributed by atoms with Gasteiger partial charge in [-0.15, -0.1) is 0 Å². The lowest BCUT2D eigenvalue weighted by molar-refractivity contribution is -0.138. The van der Waals surface area contributed by atoms with Gasteiger partial charge in [0.05, 0.1) is 23.9 Å². The Morgan fingerprint density at radius 1 is 1.10 bits per heavy atom. The van der Waals surface area contributed by atoms with Crippen LogP contribution in [-0.2, 0) is 26.3 Å². The van der Waals surface area contributed by atoms with Crippen LogP contribution in [0.2, 0.25) is 10.0 Å². The third-order valence-corrected chi connectivity index (χ3v) is 8.86. The first kappa shape index (κ1) is 30.4. The smallest absolute Gasteiger partial charge is 0.255 e. The highest BCUT2D eigenvalue weighted by atomic mass is 35.5. The van der Waals surface area contributed by atoms with Crippen molar-refractivity contribution < 1.29 is 27.2 Å². The number of rotatable bonds is 8. The molecular weight excluding hydrogens is 606 g/mol. The van der Waals surface area contributed by atoms with Crippen LogP contribution in [0.1, 0.15) is 64.8 Å². The zero-order chi connectivity index (χ0) is 30.0. The number of amides is 2. The molecule has 222 valence electrons. The molecule has 2 aromatic carbocycles. The molecule has 2 amide bonds. The van der Waals surface area contributed by atoms with Crippen molar-refractivity contribution in [1.29, 1.82) is 0 Å². The van der Waals surface area contributed by atoms with Crippen LogP contribution in [0.3, 0.4) is 0 Å². The molecule has 0 radical (unpaired) electrons. The zero-order valence-corrected chi connectivity index (χ0v) is 24.9. The van der Waals surface area contributed by atoms with Gasteiger partial charge < -0.3 is 4.90 Å². The monoisotopic (exact) mass is 634 g/mol. The van der Waals surface area contributed by atoms with E-state index in [2.05, 4.69) is 15.2 Å². The number of fused-ring (bicyclic) bond motifs is 1. The van der Waals surface area contributed by atoms with E-state index in [0.29, 0.717) is 29.1 Å². The highest BCUT2D eigenvalue weighted by molar-refractivity contribution is 7.88. The Bertz CT molecular complexity index is 1590. The average molecular weight is 636 g/mol. The molecule has 1 aromatic heterocycles. The van der Waals surface area contributed by atoms with Gasteiger partial charge in [-0.2, -0.15) is 0 Å². The van der Waals surface area contributed by atoms with Crippen molar-refractivity contribution in [2.75, 3.05) is 6.26 Å². The maximum Gasteiger partial charge on any atom is 0.255 e. The summed E-state index contributed by atoms with van der Waals surface area (Å²) in [6.45, 7) is -0.0344. The molecule has 1 aliphatic carbocycles. The van der Waals surface area contributed by atoms with Gasteiger partial charge in [0, 0.05) is 33.9 Å². The van der Waals surface area contributed by atoms with Gasteiger partial charge in [-0.1, -0.05) is 48.2 Å². The van der Waals surface area contributed by atoms with Crippen molar-refractivity contribution >= 4 is 45.0 Å². The van der Waals surface area contributed by atoms with E-state index < -0.39 is 51.7 Å². The van der Waals surface area contributed by atoms with Crippen molar-refractivity contribution in [3.63, 3.8) is 0 Å². The number of aromatic nitrogens is 1. The first-order chi connectivity index (χ1) is 20.0. The standard InChI is InChI=1S/C29H29Cl2FN4O5S/c1-42(39,40)35-24-7-2-3-8-25(24)36-27(21-11-9-17(30)14-23(21)31)26(22-15-18(32)10-12-20(22)29(36)38)28(37)34-41-16-19-6-4-5-13-33-19/h4-6,9-15,24-27,35H,2-3,7-8,16H2,1H3,(H,34,37)/t24-,25-,26+,27-/m0/s1. The number of carbonyl (C=O) groups is 2. The first-order valence-corrected chi connectivity index (χ1v) is 16.0. The number of hydrogen-bond donors (Lipinski definition) is 2. The predicted molar refractivity (Wildman–Crippen MR) is 156 cm³/mol. The van der Waals surface area contributed by atoms with Crippen molar-refractivity contribution in [3.8, 4) is 0 Å². The predicted octanol–water partition coefficient (Wildman–Crippen LogP) is 4.92. The molecule has 1 saturated carbocycles. The van der Waals surface area contributed by atoms with Gasteiger partial charge in [-0.05, 0) is 66.4 Å². The van der Waals surface area contributed by atoms with Gasteiger partial charge in [0.15, 0.2) is 0 Å². The molecule has 42 heavy (non-hydrogen) atoms. The van der Waals surface area contributed by atoms with Crippen LogP contribution >= 0.6 is 23.2 Å². The van der Waals surface area contributed by atoms with Gasteiger partial charge in [0.25, 0.3) is 11.8 Å². The number of nitrogens with one attached hydrogen (secondary N) is 2. The lowest BCUT2D eigenvalue weighted by atomic mass is 9.76. The lowest BCUT2D eigenvalue weighted by Gasteiger charge is -2.49. The number of sulfonamides is 1. The molecule has 5 rings (SSSR count). The summed E-state index contributed by atoms with van der Waals surface area (Å²) in [5.41, 5.74) is 3.72. The molecule has 13 heteroatoms. The number of hydroxylamine groups is 1. The third-order valence-electron chi connectivity index (χ3n) is 7.56. The van der Waals surface area contributed by atoms with Crippen molar-refractivity contribution in [1.82, 2.24) is 20.1 Å². The van der Waals surface area contributed by atoms with Crippen LogP contribution in [0.25, 0.3) is 0 Å². The fraction of sp³-hybridized carbons (Fsp3) is 0.345. The summed E-state index contributed by atoms with van der Waals surface area (Å²) in [5, 5.41) is 0.540. The summed E-state index contributed by atoms with van der Waals surface area (Å²) < 4.78 is 42.0. The Morgan fingerprint density at radius 3 is 2.60 bits per heavy atom. The molecule has 0 spiro atoms. The minimum Gasteiger partial charge on any atom is -0.326 e. The molecule has 1 aliphatic heterocycles. The van der Waals surface area contributed by atoms with E-state index in [0.717, 1.165) is 31.2 Å². The Hall–Kier alpha value is -3.09. The number of carbonyl (C=O) groups excluding carboxylic acids is 2. The quantitative estimate of drug-likeness (QED) is 0.340. The maximum absolute atomic E-state index is 14.7. The highest BCUT2D eigenvalue weighted by Crippen LogP contribution is 2.48. The topological polar surface area (TPSA) is 118 Å². The van der Waals surface area contributed by atoms with Crippen LogP contribution in [0.4, 0.5) is 4.39 Å². The minimum atomic E-state index is -3.63. The van der Waals surface area contributed by atoms with E-state index in [4.69, 9.17) is 28.0 Å². The Labute approximate surface area is 253 Å². The van der Waals surface area contributed by atoms with E-state index >= 15 is 0 Å². The number of pyridine rings is 1. The Balaban J connectivity index is 1.63. The van der Waals surface area contributed by atoms with Gasteiger partial charge in [0.1, 0.15) is 12.4 Å². The molecule has 4 atom stereocenters. The summed E-state index contributed by atoms with van der Waals surface area (Å²) in [6, 6.07) is 11.4. The average Bonchev–Trinajstić information content (AvgIpc) is 2.93. The molecule has 1 fully saturated rings. The lowest BCUT2D eigenvalue weighted by Crippen LogP contribution is -2.59. The second-order valence-corrected chi connectivity index (χ2v) is 13.1. The van der Waals surface area contributed by atoms with E-state index in [-0.39, 0.29) is 22.8 Å². The van der Waals surface area contributed by atoms with E-state index in [1.54, 1.807) is 36.5 Å². The fourth-order valence-corrected chi connectivity index (χ4v) is 7.22. The molecule has 2 heterocycles.